The molecule has 0 aromatic carbocycles. The number of nitrogens with one attached hydrogen (secondary N) is 2. The van der Waals surface area contributed by atoms with Gasteiger partial charge in [0, 0.05) is 25.8 Å². The molecule has 1 saturated heterocycles. The first kappa shape index (κ1) is 12.5. The van der Waals surface area contributed by atoms with Crippen LogP contribution < -0.4 is 10.9 Å². The predicted octanol–water partition coefficient (Wildman–Crippen LogP) is 0.193. The van der Waals surface area contributed by atoms with Crippen molar-refractivity contribution in [2.24, 2.45) is 5.10 Å². The fourth-order valence-electron chi connectivity index (χ4n) is 1.56. The smallest absolute Gasteiger partial charge is 0.286 e. The minimum absolute atomic E-state index is 0.182. The Labute approximate surface area is 108 Å². The molecular weight excluding hydrogens is 260 g/mol. The van der Waals surface area contributed by atoms with Gasteiger partial charge in [0.15, 0.2) is 5.03 Å². The summed E-state index contributed by atoms with van der Waals surface area (Å²) in [5.41, 5.74) is 6.37. The molecule has 2 rings (SSSR count). The summed E-state index contributed by atoms with van der Waals surface area (Å²) < 4.78 is 0. The second-order valence-electron chi connectivity index (χ2n) is 3.62. The lowest BCUT2D eigenvalue weighted by molar-refractivity contribution is -0.486. The highest BCUT2D eigenvalue weighted by atomic mass is 35.5. The Morgan fingerprint density at radius 3 is 3.11 bits per heavy atom. The molecule has 2 N–H and O–H groups in total. The van der Waals surface area contributed by atoms with Gasteiger partial charge < -0.3 is 4.90 Å². The Morgan fingerprint density at radius 2 is 2.44 bits per heavy atom. The molecule has 1 aliphatic rings. The van der Waals surface area contributed by atoms with Crippen molar-refractivity contribution in [3.63, 3.8) is 0 Å². The van der Waals surface area contributed by atoms with E-state index >= 15 is 0 Å². The molecule has 18 heavy (non-hydrogen) atoms. The van der Waals surface area contributed by atoms with E-state index in [2.05, 4.69) is 20.9 Å². The number of hydrogen-bond acceptors (Lipinski definition) is 4. The predicted molar refractivity (Wildman–Crippen MR) is 65.2 cm³/mol. The minimum atomic E-state index is -0.734. The van der Waals surface area contributed by atoms with E-state index in [4.69, 9.17) is 11.6 Å². The lowest BCUT2D eigenvalue weighted by Gasteiger charge is -2.29. The van der Waals surface area contributed by atoms with E-state index in [0.29, 0.717) is 24.8 Å². The number of hydrogen-bond donors (Lipinski definition) is 2. The van der Waals surface area contributed by atoms with E-state index in [9.17, 15) is 10.1 Å². The average Bonchev–Trinajstić information content (AvgIpc) is 2.34. The van der Waals surface area contributed by atoms with Crippen LogP contribution in [-0.2, 0) is 6.54 Å². The molecule has 0 unspecified atom stereocenters. The number of halogens is 1. The van der Waals surface area contributed by atoms with E-state index in [1.165, 1.54) is 0 Å². The van der Waals surface area contributed by atoms with Gasteiger partial charge in [0.05, 0.1) is 0 Å². The molecular formula is C9H11ClN6O2. The summed E-state index contributed by atoms with van der Waals surface area (Å²) >= 11 is 5.69. The lowest BCUT2D eigenvalue weighted by Crippen LogP contribution is -2.56. The number of rotatable bonds is 3. The molecule has 1 aliphatic heterocycles. The maximum Gasteiger partial charge on any atom is 0.286 e. The van der Waals surface area contributed by atoms with Crippen molar-refractivity contribution >= 4 is 17.6 Å². The first-order chi connectivity index (χ1) is 8.65. The van der Waals surface area contributed by atoms with Crippen LogP contribution in [0.4, 0.5) is 0 Å². The van der Waals surface area contributed by atoms with Crippen molar-refractivity contribution in [1.82, 2.24) is 20.7 Å². The lowest BCUT2D eigenvalue weighted by atomic mass is 10.2. The van der Waals surface area contributed by atoms with Gasteiger partial charge in [-0.2, -0.15) is 0 Å². The van der Waals surface area contributed by atoms with Gasteiger partial charge in [0.2, 0.25) is 0 Å². The van der Waals surface area contributed by atoms with E-state index in [1.54, 1.807) is 17.2 Å². The van der Waals surface area contributed by atoms with Crippen LogP contribution in [0.15, 0.2) is 23.4 Å². The fourth-order valence-corrected chi connectivity index (χ4v) is 1.67. The first-order valence-corrected chi connectivity index (χ1v) is 5.60. The molecule has 0 saturated carbocycles. The van der Waals surface area contributed by atoms with Gasteiger partial charge in [-0.1, -0.05) is 17.7 Å². The molecule has 9 heteroatoms. The highest BCUT2D eigenvalue weighted by molar-refractivity contribution is 6.29. The number of hydrazine groups is 1. The SMILES string of the molecule is O=[N+]([O-])/N=C1\NNCCN1Cc1ccc(Cl)nc1. The van der Waals surface area contributed by atoms with Crippen LogP contribution >= 0.6 is 11.6 Å². The molecule has 1 fully saturated rings. The van der Waals surface area contributed by atoms with Crippen molar-refractivity contribution in [3.05, 3.63) is 39.2 Å². The van der Waals surface area contributed by atoms with Gasteiger partial charge >= 0.3 is 0 Å². The van der Waals surface area contributed by atoms with E-state index in [-0.39, 0.29) is 5.96 Å². The van der Waals surface area contributed by atoms with Crippen LogP contribution in [0.3, 0.4) is 0 Å². The van der Waals surface area contributed by atoms with E-state index < -0.39 is 5.03 Å². The number of hydrazone groups is 1. The number of aromatic nitrogens is 1. The summed E-state index contributed by atoms with van der Waals surface area (Å²) in [5, 5.41) is 13.4. The van der Waals surface area contributed by atoms with E-state index in [0.717, 1.165) is 5.56 Å². The molecule has 0 spiro atoms. The summed E-state index contributed by atoms with van der Waals surface area (Å²) in [5.74, 6) is 0.182. The van der Waals surface area contributed by atoms with Gasteiger partial charge in [0.25, 0.3) is 5.96 Å². The van der Waals surface area contributed by atoms with Crippen molar-refractivity contribution < 1.29 is 5.03 Å². The fraction of sp³-hybridized carbons (Fsp3) is 0.333. The second-order valence-corrected chi connectivity index (χ2v) is 4.01. The third-order valence-electron chi connectivity index (χ3n) is 2.34. The Bertz CT molecular complexity index is 463. The molecule has 1 aromatic rings. The van der Waals surface area contributed by atoms with Crippen molar-refractivity contribution in [2.75, 3.05) is 13.1 Å². The zero-order valence-electron chi connectivity index (χ0n) is 9.34. The summed E-state index contributed by atoms with van der Waals surface area (Å²) in [7, 11) is 0. The van der Waals surface area contributed by atoms with Crippen LogP contribution in [0.25, 0.3) is 0 Å². The van der Waals surface area contributed by atoms with Crippen LogP contribution in [0.1, 0.15) is 5.56 Å². The molecule has 0 amide bonds. The highest BCUT2D eigenvalue weighted by Crippen LogP contribution is 2.08. The van der Waals surface area contributed by atoms with Gasteiger partial charge in [-0.3, -0.25) is 5.43 Å². The molecule has 0 aliphatic carbocycles. The third kappa shape index (κ3) is 3.28. The van der Waals surface area contributed by atoms with Crippen LogP contribution in [-0.4, -0.2) is 34.0 Å². The second kappa shape index (κ2) is 5.61. The van der Waals surface area contributed by atoms with Gasteiger partial charge in [-0.25, -0.2) is 20.5 Å². The monoisotopic (exact) mass is 270 g/mol. The molecule has 96 valence electrons. The number of pyridine rings is 1. The quantitative estimate of drug-likeness (QED) is 0.463. The van der Waals surface area contributed by atoms with Crippen LogP contribution in [0, 0.1) is 10.1 Å². The van der Waals surface area contributed by atoms with Crippen molar-refractivity contribution in [3.8, 4) is 0 Å². The van der Waals surface area contributed by atoms with Gasteiger partial charge in [0.1, 0.15) is 10.3 Å². The molecule has 0 radical (unpaired) electrons. The first-order valence-electron chi connectivity index (χ1n) is 5.22. The Hall–Kier alpha value is -1.93. The average molecular weight is 271 g/mol. The standard InChI is InChI=1S/C9H11ClN6O2/c10-8-2-1-7(5-11-8)6-15-4-3-12-13-9(15)14-16(17)18/h1-2,5,12H,3-4,6H2,(H,13,14). The maximum absolute atomic E-state index is 10.4. The highest BCUT2D eigenvalue weighted by Gasteiger charge is 2.19. The number of guanidine groups is 1. The third-order valence-corrected chi connectivity index (χ3v) is 2.57. The summed E-state index contributed by atoms with van der Waals surface area (Å²) in [6, 6.07) is 3.50. The van der Waals surface area contributed by atoms with Crippen LogP contribution in [0.5, 0.6) is 0 Å². The van der Waals surface area contributed by atoms with E-state index in [1.807, 2.05) is 6.07 Å². The molecule has 0 bridgehead atoms. The Morgan fingerprint density at radius 1 is 1.61 bits per heavy atom. The summed E-state index contributed by atoms with van der Waals surface area (Å²) in [6.45, 7) is 1.76. The van der Waals surface area contributed by atoms with Gasteiger partial charge in [-0.05, 0) is 11.6 Å². The largest absolute Gasteiger partial charge is 0.331 e. The zero-order valence-corrected chi connectivity index (χ0v) is 10.1. The minimum Gasteiger partial charge on any atom is -0.331 e. The van der Waals surface area contributed by atoms with Gasteiger partial charge in [-0.15, -0.1) is 0 Å². The Kier molecular flexibility index (Phi) is 3.90. The van der Waals surface area contributed by atoms with Crippen molar-refractivity contribution in [2.45, 2.75) is 6.54 Å². The zero-order chi connectivity index (χ0) is 13.0. The number of nitrogens with zero attached hydrogens (tertiary/aromatic N) is 4. The Balaban J connectivity index is 2.10. The van der Waals surface area contributed by atoms with Crippen LogP contribution in [0.2, 0.25) is 5.15 Å². The molecule has 1 aromatic heterocycles. The molecule has 2 heterocycles. The summed E-state index contributed by atoms with van der Waals surface area (Å²) in [6.07, 6.45) is 1.63. The normalized spacial score (nSPS) is 17.6. The molecule has 0 atom stereocenters. The van der Waals surface area contributed by atoms with Crippen molar-refractivity contribution in [1.29, 1.82) is 0 Å². The summed E-state index contributed by atoms with van der Waals surface area (Å²) in [4.78, 5) is 16.1. The molecule has 8 nitrogen and oxygen atoms in total. The maximum atomic E-state index is 10.4. The topological polar surface area (TPSA) is 95.7 Å². The number of nitro groups is 1.